The third kappa shape index (κ3) is 4.19. The first-order valence-corrected chi connectivity index (χ1v) is 7.25. The molecule has 2 aromatic carbocycles. The Morgan fingerprint density at radius 1 is 0.950 bits per heavy atom. The smallest absolute Gasteiger partial charge is 0.0801 e. The summed E-state index contributed by atoms with van der Waals surface area (Å²) in [5.41, 5.74) is 3.79. The van der Waals surface area contributed by atoms with Gasteiger partial charge < -0.3 is 10.1 Å². The number of rotatable bonds is 7. The highest BCUT2D eigenvalue weighted by Gasteiger charge is 2.07. The van der Waals surface area contributed by atoms with E-state index in [1.807, 2.05) is 18.2 Å². The molecule has 0 aliphatic heterocycles. The van der Waals surface area contributed by atoms with Gasteiger partial charge in [-0.1, -0.05) is 61.5 Å². The summed E-state index contributed by atoms with van der Waals surface area (Å²) in [4.78, 5) is 0. The molecule has 0 bridgehead atoms. The molecule has 2 heteroatoms. The molecule has 0 spiro atoms. The quantitative estimate of drug-likeness (QED) is 0.818. The zero-order valence-electron chi connectivity index (χ0n) is 12.3. The van der Waals surface area contributed by atoms with Crippen molar-refractivity contribution >= 4 is 0 Å². The van der Waals surface area contributed by atoms with Crippen molar-refractivity contribution < 1.29 is 4.74 Å². The minimum atomic E-state index is 0.114. The van der Waals surface area contributed by atoms with Crippen LogP contribution in [0.2, 0.25) is 0 Å². The molecule has 1 atom stereocenters. The van der Waals surface area contributed by atoms with E-state index in [-0.39, 0.29) is 6.10 Å². The maximum atomic E-state index is 6.01. The summed E-state index contributed by atoms with van der Waals surface area (Å²) in [7, 11) is 0. The highest BCUT2D eigenvalue weighted by Crippen LogP contribution is 2.19. The van der Waals surface area contributed by atoms with Gasteiger partial charge in [0, 0.05) is 6.54 Å². The lowest BCUT2D eigenvalue weighted by molar-refractivity contribution is 0.0521. The minimum absolute atomic E-state index is 0.114. The molecular weight excluding hydrogens is 246 g/mol. The van der Waals surface area contributed by atoms with Gasteiger partial charge in [0.1, 0.15) is 0 Å². The van der Waals surface area contributed by atoms with Crippen molar-refractivity contribution in [1.82, 2.24) is 5.32 Å². The Labute approximate surface area is 121 Å². The summed E-state index contributed by atoms with van der Waals surface area (Å²) in [5.74, 6) is 0. The monoisotopic (exact) mass is 269 g/mol. The van der Waals surface area contributed by atoms with Crippen molar-refractivity contribution in [1.29, 1.82) is 0 Å². The Bertz CT molecular complexity index is 510. The Morgan fingerprint density at radius 2 is 1.60 bits per heavy atom. The van der Waals surface area contributed by atoms with Gasteiger partial charge in [-0.25, -0.2) is 0 Å². The first kappa shape index (κ1) is 14.8. The fourth-order valence-corrected chi connectivity index (χ4v) is 2.17. The van der Waals surface area contributed by atoms with Crippen molar-refractivity contribution in [3.63, 3.8) is 0 Å². The van der Waals surface area contributed by atoms with Gasteiger partial charge in [-0.05, 0) is 30.2 Å². The lowest BCUT2D eigenvalue weighted by Gasteiger charge is -2.15. The molecule has 0 saturated carbocycles. The number of benzene rings is 2. The summed E-state index contributed by atoms with van der Waals surface area (Å²) >= 11 is 0. The molecule has 1 unspecified atom stereocenters. The van der Waals surface area contributed by atoms with Crippen LogP contribution in [0.15, 0.2) is 54.6 Å². The molecule has 0 aliphatic rings. The lowest BCUT2D eigenvalue weighted by Crippen LogP contribution is -2.13. The van der Waals surface area contributed by atoms with Crippen LogP contribution in [-0.4, -0.2) is 6.54 Å². The van der Waals surface area contributed by atoms with Crippen molar-refractivity contribution in [3.8, 4) is 0 Å². The second-order valence-electron chi connectivity index (χ2n) is 4.91. The molecule has 0 saturated heterocycles. The fraction of sp³-hybridized carbons (Fsp3) is 0.333. The number of nitrogens with one attached hydrogen (secondary N) is 1. The van der Waals surface area contributed by atoms with Crippen LogP contribution in [0.5, 0.6) is 0 Å². The van der Waals surface area contributed by atoms with E-state index in [2.05, 4.69) is 55.6 Å². The van der Waals surface area contributed by atoms with E-state index in [4.69, 9.17) is 4.74 Å². The predicted molar refractivity (Wildman–Crippen MR) is 83.5 cm³/mol. The molecule has 0 heterocycles. The zero-order chi connectivity index (χ0) is 14.2. The summed E-state index contributed by atoms with van der Waals surface area (Å²) in [6.45, 7) is 6.75. The van der Waals surface area contributed by atoms with E-state index in [1.54, 1.807) is 0 Å². The van der Waals surface area contributed by atoms with Crippen LogP contribution >= 0.6 is 0 Å². The molecule has 2 aromatic rings. The first-order valence-electron chi connectivity index (χ1n) is 7.25. The highest BCUT2D eigenvalue weighted by atomic mass is 16.5. The van der Waals surface area contributed by atoms with Gasteiger partial charge in [0.25, 0.3) is 0 Å². The van der Waals surface area contributed by atoms with E-state index in [0.717, 1.165) is 13.1 Å². The van der Waals surface area contributed by atoms with Crippen molar-refractivity contribution in [2.24, 2.45) is 0 Å². The third-order valence-electron chi connectivity index (χ3n) is 3.44. The molecule has 0 radical (unpaired) electrons. The largest absolute Gasteiger partial charge is 0.369 e. The van der Waals surface area contributed by atoms with Gasteiger partial charge in [-0.2, -0.15) is 0 Å². The molecule has 1 N–H and O–H groups in total. The molecule has 0 aromatic heterocycles. The SMILES string of the molecule is CCNCc1ccccc1COC(C)c1ccccc1. The molecule has 106 valence electrons. The normalized spacial score (nSPS) is 12.3. The summed E-state index contributed by atoms with van der Waals surface area (Å²) in [6.07, 6.45) is 0.114. The average Bonchev–Trinajstić information content (AvgIpc) is 2.52. The molecule has 2 rings (SSSR count). The van der Waals surface area contributed by atoms with Gasteiger partial charge in [0.2, 0.25) is 0 Å². The maximum Gasteiger partial charge on any atom is 0.0801 e. The number of hydrogen-bond acceptors (Lipinski definition) is 2. The molecular formula is C18H23NO. The average molecular weight is 269 g/mol. The Kier molecular flexibility index (Phi) is 5.78. The maximum absolute atomic E-state index is 6.01. The Morgan fingerprint density at radius 3 is 2.30 bits per heavy atom. The molecule has 2 nitrogen and oxygen atoms in total. The first-order chi connectivity index (χ1) is 9.81. The number of hydrogen-bond donors (Lipinski definition) is 1. The van der Waals surface area contributed by atoms with E-state index >= 15 is 0 Å². The summed E-state index contributed by atoms with van der Waals surface area (Å²) in [6, 6.07) is 18.8. The molecule has 20 heavy (non-hydrogen) atoms. The third-order valence-corrected chi connectivity index (χ3v) is 3.44. The fourth-order valence-electron chi connectivity index (χ4n) is 2.17. The van der Waals surface area contributed by atoms with E-state index < -0.39 is 0 Å². The van der Waals surface area contributed by atoms with Gasteiger partial charge in [-0.3, -0.25) is 0 Å². The van der Waals surface area contributed by atoms with Crippen molar-refractivity contribution in [2.75, 3.05) is 6.54 Å². The van der Waals surface area contributed by atoms with Crippen LogP contribution in [-0.2, 0) is 17.9 Å². The van der Waals surface area contributed by atoms with Crippen molar-refractivity contribution in [3.05, 3.63) is 71.3 Å². The van der Waals surface area contributed by atoms with Gasteiger partial charge >= 0.3 is 0 Å². The summed E-state index contributed by atoms with van der Waals surface area (Å²) in [5, 5.41) is 3.37. The van der Waals surface area contributed by atoms with Crippen LogP contribution in [0.4, 0.5) is 0 Å². The predicted octanol–water partition coefficient (Wildman–Crippen LogP) is 4.07. The minimum Gasteiger partial charge on any atom is -0.369 e. The lowest BCUT2D eigenvalue weighted by atomic mass is 10.1. The summed E-state index contributed by atoms with van der Waals surface area (Å²) < 4.78 is 6.01. The Hall–Kier alpha value is -1.64. The van der Waals surface area contributed by atoms with Crippen LogP contribution in [0.3, 0.4) is 0 Å². The molecule has 0 amide bonds. The molecule has 0 aliphatic carbocycles. The molecule has 0 fully saturated rings. The van der Waals surface area contributed by atoms with Crippen LogP contribution in [0.1, 0.15) is 36.6 Å². The van der Waals surface area contributed by atoms with Gasteiger partial charge in [-0.15, -0.1) is 0 Å². The van der Waals surface area contributed by atoms with Crippen LogP contribution in [0.25, 0.3) is 0 Å². The van der Waals surface area contributed by atoms with Gasteiger partial charge in [0.15, 0.2) is 0 Å². The second kappa shape index (κ2) is 7.83. The van der Waals surface area contributed by atoms with E-state index in [9.17, 15) is 0 Å². The zero-order valence-corrected chi connectivity index (χ0v) is 12.3. The topological polar surface area (TPSA) is 21.3 Å². The van der Waals surface area contributed by atoms with Gasteiger partial charge in [0.05, 0.1) is 12.7 Å². The number of ether oxygens (including phenoxy) is 1. The highest BCUT2D eigenvalue weighted by molar-refractivity contribution is 5.26. The van der Waals surface area contributed by atoms with Crippen LogP contribution < -0.4 is 5.32 Å². The van der Waals surface area contributed by atoms with E-state index in [0.29, 0.717) is 6.61 Å². The standard InChI is InChI=1S/C18H23NO/c1-3-19-13-17-11-7-8-12-18(17)14-20-15(2)16-9-5-4-6-10-16/h4-12,15,19H,3,13-14H2,1-2H3. The second-order valence-corrected chi connectivity index (χ2v) is 4.91. The Balaban J connectivity index is 1.96. The van der Waals surface area contributed by atoms with Crippen LogP contribution in [0, 0.1) is 0 Å². The van der Waals surface area contributed by atoms with E-state index in [1.165, 1.54) is 16.7 Å². The van der Waals surface area contributed by atoms with Crippen molar-refractivity contribution in [2.45, 2.75) is 33.1 Å².